The van der Waals surface area contributed by atoms with Crippen LogP contribution in [0, 0.1) is 5.41 Å². The van der Waals surface area contributed by atoms with E-state index in [-0.39, 0.29) is 17.6 Å². The number of amidine groups is 1. The third-order valence-corrected chi connectivity index (χ3v) is 4.56. The van der Waals surface area contributed by atoms with Gasteiger partial charge in [-0.25, -0.2) is 0 Å². The van der Waals surface area contributed by atoms with Crippen molar-refractivity contribution in [3.63, 3.8) is 0 Å². The lowest BCUT2D eigenvalue weighted by Crippen LogP contribution is -2.52. The van der Waals surface area contributed by atoms with Crippen LogP contribution in [0.15, 0.2) is 5.16 Å². The second kappa shape index (κ2) is 6.78. The van der Waals surface area contributed by atoms with E-state index in [4.69, 9.17) is 10.9 Å². The molecule has 2 amide bonds. The van der Waals surface area contributed by atoms with Gasteiger partial charge in [-0.2, -0.15) is 0 Å². The van der Waals surface area contributed by atoms with Gasteiger partial charge in [-0.05, 0) is 12.8 Å². The molecule has 0 radical (unpaired) electrons. The minimum absolute atomic E-state index is 0.0120. The molecule has 0 bridgehead atoms. The van der Waals surface area contributed by atoms with E-state index >= 15 is 0 Å². The van der Waals surface area contributed by atoms with Crippen molar-refractivity contribution in [1.82, 2.24) is 10.2 Å². The Kier molecular flexibility index (Phi) is 5.03. The van der Waals surface area contributed by atoms with Gasteiger partial charge in [0.15, 0.2) is 5.84 Å². The maximum Gasteiger partial charge on any atom is 0.236 e. The van der Waals surface area contributed by atoms with E-state index in [1.54, 1.807) is 4.90 Å². The molecule has 0 aromatic rings. The van der Waals surface area contributed by atoms with E-state index in [1.165, 1.54) is 0 Å². The molecule has 1 aliphatic heterocycles. The summed E-state index contributed by atoms with van der Waals surface area (Å²) in [5, 5.41) is 15.0. The summed E-state index contributed by atoms with van der Waals surface area (Å²) in [6.07, 6.45) is 5.44. The summed E-state index contributed by atoms with van der Waals surface area (Å²) in [4.78, 5) is 26.1. The second-order valence-electron chi connectivity index (χ2n) is 5.87. The lowest BCUT2D eigenvalue weighted by Gasteiger charge is -2.35. The Hall–Kier alpha value is -1.79. The molecule has 7 heteroatoms. The van der Waals surface area contributed by atoms with E-state index in [0.29, 0.717) is 38.9 Å². The van der Waals surface area contributed by atoms with Gasteiger partial charge in [0.25, 0.3) is 0 Å². The number of hydrogen-bond acceptors (Lipinski definition) is 4. The SMILES string of the molecule is NC(=NO)C1(C(=O)N2CCNC(=O)CC2)CCCCCC1. The zero-order valence-corrected chi connectivity index (χ0v) is 12.3. The number of carbonyl (C=O) groups excluding carboxylic acids is 2. The highest BCUT2D eigenvalue weighted by Gasteiger charge is 2.45. The third-order valence-electron chi connectivity index (χ3n) is 4.56. The second-order valence-corrected chi connectivity index (χ2v) is 5.87. The Morgan fingerprint density at radius 1 is 1.24 bits per heavy atom. The van der Waals surface area contributed by atoms with E-state index in [9.17, 15) is 9.59 Å². The smallest absolute Gasteiger partial charge is 0.236 e. The summed E-state index contributed by atoms with van der Waals surface area (Å²) in [5.74, 6) is -0.127. The van der Waals surface area contributed by atoms with Crippen molar-refractivity contribution in [3.05, 3.63) is 0 Å². The first-order valence-corrected chi connectivity index (χ1v) is 7.64. The van der Waals surface area contributed by atoms with Gasteiger partial charge in [0.2, 0.25) is 11.8 Å². The number of nitrogens with zero attached hydrogens (tertiary/aromatic N) is 2. The van der Waals surface area contributed by atoms with Crippen molar-refractivity contribution in [2.45, 2.75) is 44.9 Å². The molecule has 1 saturated heterocycles. The summed E-state index contributed by atoms with van der Waals surface area (Å²) in [5.41, 5.74) is 4.99. The highest BCUT2D eigenvalue weighted by molar-refractivity contribution is 6.06. The predicted molar refractivity (Wildman–Crippen MR) is 77.8 cm³/mol. The van der Waals surface area contributed by atoms with Gasteiger partial charge >= 0.3 is 0 Å². The highest BCUT2D eigenvalue weighted by atomic mass is 16.4. The molecule has 1 aliphatic carbocycles. The zero-order chi connectivity index (χ0) is 15.3. The lowest BCUT2D eigenvalue weighted by molar-refractivity contribution is -0.139. The van der Waals surface area contributed by atoms with Crippen LogP contribution in [0.3, 0.4) is 0 Å². The molecule has 4 N–H and O–H groups in total. The summed E-state index contributed by atoms with van der Waals surface area (Å²) in [7, 11) is 0. The van der Waals surface area contributed by atoms with Crippen LogP contribution in [-0.4, -0.2) is 47.4 Å². The zero-order valence-electron chi connectivity index (χ0n) is 12.3. The van der Waals surface area contributed by atoms with Crippen molar-refractivity contribution in [2.75, 3.05) is 19.6 Å². The van der Waals surface area contributed by atoms with Gasteiger partial charge in [-0.3, -0.25) is 9.59 Å². The maximum atomic E-state index is 13.0. The predicted octanol–water partition coefficient (Wildman–Crippen LogP) is 0.422. The Morgan fingerprint density at radius 3 is 2.52 bits per heavy atom. The fraction of sp³-hybridized carbons (Fsp3) is 0.786. The molecule has 2 aliphatic rings. The Morgan fingerprint density at radius 2 is 1.90 bits per heavy atom. The third kappa shape index (κ3) is 3.28. The highest BCUT2D eigenvalue weighted by Crippen LogP contribution is 2.37. The molecule has 0 aromatic carbocycles. The molecule has 7 nitrogen and oxygen atoms in total. The number of nitrogens with one attached hydrogen (secondary N) is 1. The minimum atomic E-state index is -0.904. The molecule has 118 valence electrons. The molecule has 2 fully saturated rings. The minimum Gasteiger partial charge on any atom is -0.409 e. The molecule has 0 aromatic heterocycles. The van der Waals surface area contributed by atoms with Gasteiger partial charge < -0.3 is 21.2 Å². The number of oxime groups is 1. The Balaban J connectivity index is 2.23. The van der Waals surface area contributed by atoms with Crippen LogP contribution in [0.2, 0.25) is 0 Å². The fourth-order valence-electron chi connectivity index (χ4n) is 3.28. The van der Waals surface area contributed by atoms with Crippen molar-refractivity contribution >= 4 is 17.6 Å². The van der Waals surface area contributed by atoms with Crippen LogP contribution in [0.1, 0.15) is 44.9 Å². The Bertz CT molecular complexity index is 428. The lowest BCUT2D eigenvalue weighted by atomic mass is 9.77. The van der Waals surface area contributed by atoms with Gasteiger partial charge in [-0.1, -0.05) is 30.8 Å². The number of hydrogen-bond donors (Lipinski definition) is 3. The first kappa shape index (κ1) is 15.6. The van der Waals surface area contributed by atoms with Gasteiger partial charge in [-0.15, -0.1) is 0 Å². The largest absolute Gasteiger partial charge is 0.409 e. The van der Waals surface area contributed by atoms with E-state index in [1.807, 2.05) is 0 Å². The number of rotatable bonds is 2. The van der Waals surface area contributed by atoms with Gasteiger partial charge in [0, 0.05) is 26.1 Å². The van der Waals surface area contributed by atoms with E-state index < -0.39 is 5.41 Å². The van der Waals surface area contributed by atoms with E-state index in [0.717, 1.165) is 25.7 Å². The average molecular weight is 296 g/mol. The topological polar surface area (TPSA) is 108 Å². The molecular weight excluding hydrogens is 272 g/mol. The molecule has 1 heterocycles. The molecule has 0 spiro atoms. The standard InChI is InChI=1S/C14H24N4O3/c15-12(17-21)14(6-3-1-2-4-7-14)13(20)18-9-5-11(19)16-8-10-18/h21H,1-10H2,(H2,15,17)(H,16,19). The van der Waals surface area contributed by atoms with Gasteiger partial charge in [0.05, 0.1) is 0 Å². The number of carbonyl (C=O) groups is 2. The molecule has 21 heavy (non-hydrogen) atoms. The number of amides is 2. The summed E-state index contributed by atoms with van der Waals surface area (Å²) < 4.78 is 0. The quantitative estimate of drug-likeness (QED) is 0.226. The summed E-state index contributed by atoms with van der Waals surface area (Å²) >= 11 is 0. The Labute approximate surface area is 124 Å². The molecule has 1 saturated carbocycles. The van der Waals surface area contributed by atoms with E-state index in [2.05, 4.69) is 10.5 Å². The number of nitrogens with two attached hydrogens (primary N) is 1. The first-order valence-electron chi connectivity index (χ1n) is 7.64. The van der Waals surface area contributed by atoms with Crippen LogP contribution in [0.25, 0.3) is 0 Å². The summed E-state index contributed by atoms with van der Waals surface area (Å²) in [6.45, 7) is 1.33. The van der Waals surface area contributed by atoms with Crippen LogP contribution in [-0.2, 0) is 9.59 Å². The monoisotopic (exact) mass is 296 g/mol. The molecule has 0 atom stereocenters. The molecule has 2 rings (SSSR count). The average Bonchev–Trinajstić information content (AvgIpc) is 2.86. The first-order chi connectivity index (χ1) is 10.1. The van der Waals surface area contributed by atoms with Crippen molar-refractivity contribution in [2.24, 2.45) is 16.3 Å². The van der Waals surface area contributed by atoms with Crippen LogP contribution in [0.4, 0.5) is 0 Å². The maximum absolute atomic E-state index is 13.0. The van der Waals surface area contributed by atoms with Crippen LogP contribution < -0.4 is 11.1 Å². The summed E-state index contributed by atoms with van der Waals surface area (Å²) in [6, 6.07) is 0. The van der Waals surface area contributed by atoms with Crippen molar-refractivity contribution in [1.29, 1.82) is 0 Å². The van der Waals surface area contributed by atoms with Gasteiger partial charge in [0.1, 0.15) is 5.41 Å². The van der Waals surface area contributed by atoms with Crippen molar-refractivity contribution < 1.29 is 14.8 Å². The molecule has 0 unspecified atom stereocenters. The van der Waals surface area contributed by atoms with Crippen molar-refractivity contribution in [3.8, 4) is 0 Å². The fourth-order valence-corrected chi connectivity index (χ4v) is 3.28. The molecular formula is C14H24N4O3. The normalized spacial score (nSPS) is 23.9. The van der Waals surface area contributed by atoms with Crippen LogP contribution >= 0.6 is 0 Å². The van der Waals surface area contributed by atoms with Crippen LogP contribution in [0.5, 0.6) is 0 Å².